The van der Waals surface area contributed by atoms with Crippen molar-refractivity contribution in [3.8, 4) is 17.6 Å². The normalized spacial score (nSPS) is 9.91. The van der Waals surface area contributed by atoms with E-state index in [0.717, 1.165) is 0 Å². The van der Waals surface area contributed by atoms with E-state index in [1.54, 1.807) is 24.3 Å². The molecular weight excluding hydrogens is 325 g/mol. The molecule has 2 aromatic rings. The van der Waals surface area contributed by atoms with Gasteiger partial charge in [-0.1, -0.05) is 29.3 Å². The van der Waals surface area contributed by atoms with E-state index in [9.17, 15) is 4.79 Å². The Labute approximate surface area is 137 Å². The van der Waals surface area contributed by atoms with Gasteiger partial charge in [0.15, 0.2) is 11.5 Å². The summed E-state index contributed by atoms with van der Waals surface area (Å²) in [7, 11) is 1.43. The lowest BCUT2D eigenvalue weighted by Crippen LogP contribution is -2.12. The third-order valence-corrected chi connectivity index (χ3v) is 3.45. The van der Waals surface area contributed by atoms with Gasteiger partial charge in [-0.3, -0.25) is 4.79 Å². The Morgan fingerprint density at radius 2 is 1.95 bits per heavy atom. The van der Waals surface area contributed by atoms with Crippen LogP contribution in [-0.2, 0) is 11.2 Å². The highest BCUT2D eigenvalue weighted by Gasteiger charge is 2.13. The summed E-state index contributed by atoms with van der Waals surface area (Å²) in [6.07, 6.45) is -0.000835. The highest BCUT2D eigenvalue weighted by molar-refractivity contribution is 6.35. The number of nitriles is 1. The fraction of sp³-hybridized carbons (Fsp3) is 0.125. The number of methoxy groups -OCH3 is 1. The van der Waals surface area contributed by atoms with Crippen molar-refractivity contribution in [2.45, 2.75) is 6.42 Å². The van der Waals surface area contributed by atoms with Crippen LogP contribution in [0.1, 0.15) is 11.1 Å². The summed E-state index contributed by atoms with van der Waals surface area (Å²) in [5, 5.41) is 9.73. The van der Waals surface area contributed by atoms with Crippen molar-refractivity contribution in [1.82, 2.24) is 0 Å². The molecule has 0 unspecified atom stereocenters. The average Bonchev–Trinajstić information content (AvgIpc) is 2.50. The molecule has 0 bridgehead atoms. The van der Waals surface area contributed by atoms with Gasteiger partial charge in [0.1, 0.15) is 0 Å². The summed E-state index contributed by atoms with van der Waals surface area (Å²) in [6.45, 7) is 0. The second-order valence-electron chi connectivity index (χ2n) is 4.36. The number of carbonyl (C=O) groups is 1. The predicted molar refractivity (Wildman–Crippen MR) is 83.5 cm³/mol. The molecule has 22 heavy (non-hydrogen) atoms. The van der Waals surface area contributed by atoms with Gasteiger partial charge in [0.25, 0.3) is 0 Å². The molecule has 0 spiro atoms. The first-order valence-corrected chi connectivity index (χ1v) is 7.02. The van der Waals surface area contributed by atoms with Gasteiger partial charge in [-0.25, -0.2) is 0 Å². The van der Waals surface area contributed by atoms with Gasteiger partial charge >= 0.3 is 5.97 Å². The van der Waals surface area contributed by atoms with Gasteiger partial charge in [0.05, 0.1) is 25.2 Å². The van der Waals surface area contributed by atoms with Crippen molar-refractivity contribution in [3.05, 3.63) is 57.6 Å². The first-order valence-electron chi connectivity index (χ1n) is 6.26. The predicted octanol–water partition coefficient (Wildman–Crippen LogP) is 4.02. The van der Waals surface area contributed by atoms with Crippen LogP contribution in [0.4, 0.5) is 0 Å². The molecule has 0 saturated heterocycles. The molecule has 112 valence electrons. The Bertz CT molecular complexity index is 754. The second-order valence-corrected chi connectivity index (χ2v) is 5.21. The molecule has 2 rings (SSSR count). The molecule has 0 amide bonds. The van der Waals surface area contributed by atoms with Gasteiger partial charge in [-0.2, -0.15) is 5.26 Å². The molecule has 0 atom stereocenters. The molecule has 0 saturated carbocycles. The minimum Gasteiger partial charge on any atom is -0.493 e. The van der Waals surface area contributed by atoms with Crippen LogP contribution in [0.3, 0.4) is 0 Å². The van der Waals surface area contributed by atoms with Crippen LogP contribution >= 0.6 is 23.2 Å². The Morgan fingerprint density at radius 3 is 2.59 bits per heavy atom. The number of ether oxygens (including phenoxy) is 2. The summed E-state index contributed by atoms with van der Waals surface area (Å²) in [6, 6.07) is 11.4. The smallest absolute Gasteiger partial charge is 0.315 e. The Hall–Kier alpha value is -2.22. The Morgan fingerprint density at radius 1 is 1.18 bits per heavy atom. The van der Waals surface area contributed by atoms with Crippen LogP contribution in [0.25, 0.3) is 0 Å². The van der Waals surface area contributed by atoms with E-state index < -0.39 is 5.97 Å². The van der Waals surface area contributed by atoms with Gasteiger partial charge in [0.2, 0.25) is 0 Å². The standard InChI is InChI=1S/C16H11Cl2NO3/c1-21-15-6-10(9-19)2-5-14(15)22-16(20)7-11-3-4-12(17)8-13(11)18/h2-6,8H,7H2,1H3. The molecule has 4 nitrogen and oxygen atoms in total. The van der Waals surface area contributed by atoms with Crippen molar-refractivity contribution in [2.75, 3.05) is 7.11 Å². The fourth-order valence-corrected chi connectivity index (χ4v) is 2.28. The zero-order valence-electron chi connectivity index (χ0n) is 11.6. The lowest BCUT2D eigenvalue weighted by molar-refractivity contribution is -0.133. The van der Waals surface area contributed by atoms with Crippen LogP contribution in [0.15, 0.2) is 36.4 Å². The third kappa shape index (κ3) is 3.91. The molecule has 2 aromatic carbocycles. The molecule has 0 aromatic heterocycles. The van der Waals surface area contributed by atoms with Crippen LogP contribution in [0.2, 0.25) is 10.0 Å². The van der Waals surface area contributed by atoms with E-state index in [4.69, 9.17) is 37.9 Å². The van der Waals surface area contributed by atoms with Crippen LogP contribution in [0.5, 0.6) is 11.5 Å². The minimum atomic E-state index is -0.493. The fourth-order valence-electron chi connectivity index (χ4n) is 1.80. The SMILES string of the molecule is COc1cc(C#N)ccc1OC(=O)Cc1ccc(Cl)cc1Cl. The summed E-state index contributed by atoms with van der Waals surface area (Å²) in [4.78, 5) is 12.0. The van der Waals surface area contributed by atoms with Crippen LogP contribution < -0.4 is 9.47 Å². The van der Waals surface area contributed by atoms with E-state index in [-0.39, 0.29) is 12.2 Å². The van der Waals surface area contributed by atoms with Crippen molar-refractivity contribution in [2.24, 2.45) is 0 Å². The van der Waals surface area contributed by atoms with Crippen molar-refractivity contribution < 1.29 is 14.3 Å². The molecule has 0 heterocycles. The van der Waals surface area contributed by atoms with Gasteiger partial charge in [-0.15, -0.1) is 0 Å². The Balaban J connectivity index is 2.14. The summed E-state index contributed by atoms with van der Waals surface area (Å²) in [5.74, 6) is 0.0680. The zero-order valence-corrected chi connectivity index (χ0v) is 13.1. The Kier molecular flexibility index (Phi) is 5.26. The maximum atomic E-state index is 12.0. The van der Waals surface area contributed by atoms with Crippen molar-refractivity contribution >= 4 is 29.2 Å². The van der Waals surface area contributed by atoms with E-state index in [0.29, 0.717) is 26.9 Å². The molecule has 0 aliphatic carbocycles. The number of hydrogen-bond donors (Lipinski definition) is 0. The van der Waals surface area contributed by atoms with E-state index in [2.05, 4.69) is 0 Å². The number of carbonyl (C=O) groups excluding carboxylic acids is 1. The van der Waals surface area contributed by atoms with Crippen LogP contribution in [0, 0.1) is 11.3 Å². The lowest BCUT2D eigenvalue weighted by Gasteiger charge is -2.10. The largest absolute Gasteiger partial charge is 0.493 e. The quantitative estimate of drug-likeness (QED) is 0.625. The van der Waals surface area contributed by atoms with Gasteiger partial charge in [-0.05, 0) is 29.8 Å². The van der Waals surface area contributed by atoms with Crippen LogP contribution in [-0.4, -0.2) is 13.1 Å². The van der Waals surface area contributed by atoms with Gasteiger partial charge < -0.3 is 9.47 Å². The van der Waals surface area contributed by atoms with Crippen molar-refractivity contribution in [3.63, 3.8) is 0 Å². The topological polar surface area (TPSA) is 59.3 Å². The average molecular weight is 336 g/mol. The second kappa shape index (κ2) is 7.17. The third-order valence-electron chi connectivity index (χ3n) is 2.87. The number of rotatable bonds is 4. The summed E-state index contributed by atoms with van der Waals surface area (Å²) in [5.41, 5.74) is 1.03. The first kappa shape index (κ1) is 16.2. The highest BCUT2D eigenvalue weighted by atomic mass is 35.5. The van der Waals surface area contributed by atoms with E-state index in [1.165, 1.54) is 19.2 Å². The molecular formula is C16H11Cl2NO3. The van der Waals surface area contributed by atoms with E-state index in [1.807, 2.05) is 6.07 Å². The maximum Gasteiger partial charge on any atom is 0.315 e. The summed E-state index contributed by atoms with van der Waals surface area (Å²) < 4.78 is 10.4. The monoisotopic (exact) mass is 335 g/mol. The zero-order chi connectivity index (χ0) is 16.1. The highest BCUT2D eigenvalue weighted by Crippen LogP contribution is 2.28. The molecule has 0 fully saturated rings. The number of hydrogen-bond acceptors (Lipinski definition) is 4. The molecule has 0 N–H and O–H groups in total. The molecule has 0 radical (unpaired) electrons. The lowest BCUT2D eigenvalue weighted by atomic mass is 10.1. The van der Waals surface area contributed by atoms with E-state index >= 15 is 0 Å². The number of halogens is 2. The summed E-state index contributed by atoms with van der Waals surface area (Å²) >= 11 is 11.8. The van der Waals surface area contributed by atoms with Crippen molar-refractivity contribution in [1.29, 1.82) is 5.26 Å². The molecule has 0 aliphatic rings. The van der Waals surface area contributed by atoms with Gasteiger partial charge in [0, 0.05) is 16.1 Å². The number of nitrogens with zero attached hydrogens (tertiary/aromatic N) is 1. The number of benzene rings is 2. The number of esters is 1. The molecule has 6 heteroatoms. The first-order chi connectivity index (χ1) is 10.5. The minimum absolute atomic E-state index is 0.000835. The molecule has 0 aliphatic heterocycles. The maximum absolute atomic E-state index is 12.0.